The molecule has 1 heterocycles. The van der Waals surface area contributed by atoms with Crippen molar-refractivity contribution in [1.82, 2.24) is 5.43 Å². The molecule has 2 aromatic rings. The molecule has 2 rings (SSSR count). The Labute approximate surface area is 226 Å². The Morgan fingerprint density at radius 2 is 1.88 bits per heavy atom. The fraction of sp³-hybridized carbons (Fsp3) is 0.478. The minimum atomic E-state index is -3.53. The number of nitrogens with zero attached hydrogens (tertiary/aromatic N) is 1. The Hall–Kier alpha value is -0.836. The monoisotopic (exact) mass is 570 g/mol. The Bertz CT molecular complexity index is 948. The van der Waals surface area contributed by atoms with Gasteiger partial charge < -0.3 is 16.8 Å². The zero-order valence-electron chi connectivity index (χ0n) is 19.3. The second kappa shape index (κ2) is 15.2. The first-order chi connectivity index (χ1) is 15.3. The molecule has 0 aliphatic heterocycles. The van der Waals surface area contributed by atoms with Gasteiger partial charge in [-0.05, 0) is 55.7 Å². The number of unbranched alkanes of at least 4 members (excludes halogenated alkanes) is 2. The average molecular weight is 571 g/mol. The van der Waals surface area contributed by atoms with Crippen LogP contribution in [0.1, 0.15) is 65.2 Å². The van der Waals surface area contributed by atoms with Crippen LogP contribution in [0.2, 0.25) is 0 Å². The number of hydrogen-bond donors (Lipinski definition) is 2. The summed E-state index contributed by atoms with van der Waals surface area (Å²) in [7, 11) is -3.53. The third kappa shape index (κ3) is 10.1. The number of anilines is 1. The standard InChI is InChI=1S/C23H33N2O5S2.Y/c1-4-6-7-10-21(26)18-11-13-19(14-12-18)25(32(3,28)29)24-17-8-9-20-15-16-22(31-20)23(27)30-5-2;/h11-16,21,24,26H,2,4-10,17H2,1,3H3;/q-1;. The number of sulfonamides is 1. The second-order valence-electron chi connectivity index (χ2n) is 7.54. The van der Waals surface area contributed by atoms with Crippen molar-refractivity contribution in [2.45, 2.75) is 51.6 Å². The molecular formula is C23H33N2O5S2Y-. The van der Waals surface area contributed by atoms with E-state index in [9.17, 15) is 18.3 Å². The fourth-order valence-electron chi connectivity index (χ4n) is 3.22. The molecule has 33 heavy (non-hydrogen) atoms. The summed E-state index contributed by atoms with van der Waals surface area (Å²) in [4.78, 5) is 13.3. The number of nitrogens with one attached hydrogen (secondary N) is 1. The van der Waals surface area contributed by atoms with E-state index in [1.807, 2.05) is 6.07 Å². The maximum Gasteiger partial charge on any atom is 0.345 e. The van der Waals surface area contributed by atoms with E-state index in [1.165, 1.54) is 11.3 Å². The molecule has 181 valence electrons. The summed E-state index contributed by atoms with van der Waals surface area (Å²) in [6, 6.07) is 10.5. The molecule has 0 saturated carbocycles. The molecule has 1 unspecified atom stereocenters. The van der Waals surface area contributed by atoms with Gasteiger partial charge in [-0.25, -0.2) is 23.1 Å². The first-order valence-electron chi connectivity index (χ1n) is 10.8. The molecule has 0 saturated heterocycles. The number of hydrazine groups is 1. The number of rotatable bonds is 14. The van der Waals surface area contributed by atoms with Crippen LogP contribution in [-0.4, -0.2) is 38.9 Å². The van der Waals surface area contributed by atoms with Crippen molar-refractivity contribution in [3.63, 3.8) is 0 Å². The molecule has 0 fully saturated rings. The van der Waals surface area contributed by atoms with E-state index >= 15 is 0 Å². The topological polar surface area (TPSA) is 95.9 Å². The Kier molecular flexibility index (Phi) is 13.9. The van der Waals surface area contributed by atoms with Crippen molar-refractivity contribution in [2.24, 2.45) is 0 Å². The van der Waals surface area contributed by atoms with Gasteiger partial charge in [-0.2, -0.15) is 0 Å². The van der Waals surface area contributed by atoms with E-state index in [4.69, 9.17) is 4.74 Å². The van der Waals surface area contributed by atoms with Crippen LogP contribution in [0.3, 0.4) is 0 Å². The van der Waals surface area contributed by atoms with Gasteiger partial charge in [0.05, 0.1) is 18.0 Å². The number of carbonyl (C=O) groups excluding carboxylic acids is 1. The molecule has 0 spiro atoms. The van der Waals surface area contributed by atoms with Gasteiger partial charge in [0.1, 0.15) is 4.88 Å². The van der Waals surface area contributed by atoms with Crippen LogP contribution < -0.4 is 9.84 Å². The van der Waals surface area contributed by atoms with E-state index in [-0.39, 0.29) is 45.3 Å². The molecule has 7 nitrogen and oxygen atoms in total. The average Bonchev–Trinajstić information content (AvgIpc) is 3.22. The van der Waals surface area contributed by atoms with Crippen LogP contribution in [0.4, 0.5) is 5.69 Å². The van der Waals surface area contributed by atoms with Gasteiger partial charge in [0, 0.05) is 44.1 Å². The van der Waals surface area contributed by atoms with E-state index in [0.29, 0.717) is 36.4 Å². The summed E-state index contributed by atoms with van der Waals surface area (Å²) in [5, 5.41) is 10.3. The smallest absolute Gasteiger partial charge is 0.345 e. The van der Waals surface area contributed by atoms with Crippen LogP contribution in [-0.2, 0) is 53.9 Å². The van der Waals surface area contributed by atoms with Crippen molar-refractivity contribution in [2.75, 3.05) is 23.8 Å². The SMILES string of the molecule is [CH2-]COC(=O)c1ccc(CCCNN(c2ccc(C(O)CCCCC)cc2)S(C)(=O)=O)s1.[Y]. The second-order valence-corrected chi connectivity index (χ2v) is 10.5. The molecule has 1 aromatic heterocycles. The number of carbonyl (C=O) groups is 1. The number of thiophene rings is 1. The van der Waals surface area contributed by atoms with E-state index in [1.54, 1.807) is 30.3 Å². The predicted molar refractivity (Wildman–Crippen MR) is 129 cm³/mol. The number of aliphatic hydroxyl groups is 1. The third-order valence-electron chi connectivity index (χ3n) is 4.88. The largest absolute Gasteiger partial charge is 0.495 e. The normalized spacial score (nSPS) is 12.1. The van der Waals surface area contributed by atoms with E-state index in [2.05, 4.69) is 19.3 Å². The molecule has 1 atom stereocenters. The maximum atomic E-state index is 12.3. The van der Waals surface area contributed by atoms with Gasteiger partial charge >= 0.3 is 5.97 Å². The van der Waals surface area contributed by atoms with Gasteiger partial charge in [0.25, 0.3) is 0 Å². The molecule has 0 aliphatic carbocycles. The van der Waals surface area contributed by atoms with Gasteiger partial charge in [-0.15, -0.1) is 11.3 Å². The van der Waals surface area contributed by atoms with Crippen molar-refractivity contribution >= 4 is 33.0 Å². The summed E-state index contributed by atoms with van der Waals surface area (Å²) in [5.41, 5.74) is 4.25. The van der Waals surface area contributed by atoms with Crippen LogP contribution >= 0.6 is 11.3 Å². The van der Waals surface area contributed by atoms with Gasteiger partial charge in [0.15, 0.2) is 0 Å². The zero-order valence-corrected chi connectivity index (χ0v) is 23.8. The Balaban J connectivity index is 0.00000544. The number of aliphatic hydroxyl groups excluding tert-OH is 1. The summed E-state index contributed by atoms with van der Waals surface area (Å²) < 4.78 is 30.6. The number of aryl methyl sites for hydroxylation is 1. The fourth-order valence-corrected chi connectivity index (χ4v) is 4.99. The Morgan fingerprint density at radius 3 is 2.48 bits per heavy atom. The summed E-state index contributed by atoms with van der Waals surface area (Å²) in [6.07, 6.45) is 5.81. The van der Waals surface area contributed by atoms with Crippen LogP contribution in [0.25, 0.3) is 0 Å². The van der Waals surface area contributed by atoms with Crippen molar-refractivity contribution in [1.29, 1.82) is 0 Å². The first kappa shape index (κ1) is 30.2. The van der Waals surface area contributed by atoms with Crippen molar-refractivity contribution in [3.05, 3.63) is 58.6 Å². The molecule has 2 N–H and O–H groups in total. The summed E-state index contributed by atoms with van der Waals surface area (Å²) >= 11 is 1.37. The van der Waals surface area contributed by atoms with Crippen LogP contribution in [0.5, 0.6) is 0 Å². The van der Waals surface area contributed by atoms with Gasteiger partial charge in [-0.3, -0.25) is 0 Å². The predicted octanol–water partition coefficient (Wildman–Crippen LogP) is 4.25. The summed E-state index contributed by atoms with van der Waals surface area (Å²) in [5.74, 6) is -0.378. The van der Waals surface area contributed by atoms with E-state index in [0.717, 1.165) is 40.4 Å². The quantitative estimate of drug-likeness (QED) is 0.153. The molecule has 1 radical (unpaired) electrons. The number of hydrogen-bond acceptors (Lipinski definition) is 7. The molecule has 0 aliphatic rings. The van der Waals surface area contributed by atoms with E-state index < -0.39 is 16.1 Å². The number of esters is 1. The van der Waals surface area contributed by atoms with Crippen molar-refractivity contribution < 1.29 is 55.8 Å². The third-order valence-corrected chi connectivity index (χ3v) is 7.00. The summed E-state index contributed by atoms with van der Waals surface area (Å²) in [6.45, 7) is 6.14. The molecule has 0 bridgehead atoms. The van der Waals surface area contributed by atoms with Crippen LogP contribution in [0.15, 0.2) is 36.4 Å². The number of benzene rings is 1. The molecule has 0 amide bonds. The molecule has 1 aromatic carbocycles. The van der Waals surface area contributed by atoms with Gasteiger partial charge in [0.2, 0.25) is 10.0 Å². The number of ether oxygens (including phenoxy) is 1. The maximum absolute atomic E-state index is 12.3. The molecular weight excluding hydrogens is 537 g/mol. The molecule has 10 heteroatoms. The zero-order chi connectivity index (χ0) is 23.6. The van der Waals surface area contributed by atoms with Crippen LogP contribution in [0, 0.1) is 6.92 Å². The first-order valence-corrected chi connectivity index (χ1v) is 13.5. The minimum Gasteiger partial charge on any atom is -0.495 e. The van der Waals surface area contributed by atoms with Gasteiger partial charge in [-0.1, -0.05) is 38.3 Å². The minimum absolute atomic E-state index is 0. The Morgan fingerprint density at radius 1 is 1.18 bits per heavy atom. The van der Waals surface area contributed by atoms with Crippen molar-refractivity contribution in [3.8, 4) is 0 Å².